The van der Waals surface area contributed by atoms with Crippen molar-refractivity contribution in [3.63, 3.8) is 0 Å². The van der Waals surface area contributed by atoms with Crippen LogP contribution in [-0.2, 0) is 9.59 Å². The molecular formula is C16H20N4O2. The highest BCUT2D eigenvalue weighted by atomic mass is 16.2. The lowest BCUT2D eigenvalue weighted by molar-refractivity contribution is -0.136. The van der Waals surface area contributed by atoms with E-state index in [2.05, 4.69) is 10.3 Å². The predicted octanol–water partition coefficient (Wildman–Crippen LogP) is 0.362. The maximum absolute atomic E-state index is 12.5. The van der Waals surface area contributed by atoms with Crippen LogP contribution in [0.1, 0.15) is 11.6 Å². The van der Waals surface area contributed by atoms with Crippen LogP contribution >= 0.6 is 0 Å². The highest BCUT2D eigenvalue weighted by Crippen LogP contribution is 2.24. The standard InChI is InChI=1S/C16H20N4O2/c21-13-19-10-8-18(9-11-19)12-16(22)20-15(6-7-17-20)14-4-2-1-3-5-14/h1-7,13,15,17H,8-12H2/t15-/m1/s1. The van der Waals surface area contributed by atoms with Crippen molar-refractivity contribution < 1.29 is 9.59 Å². The third-order valence-corrected chi connectivity index (χ3v) is 4.09. The van der Waals surface area contributed by atoms with Gasteiger partial charge in [0.15, 0.2) is 0 Å². The molecule has 2 amide bonds. The maximum atomic E-state index is 12.5. The first-order chi connectivity index (χ1) is 10.8. The number of hydrazine groups is 1. The fraction of sp³-hybridized carbons (Fsp3) is 0.375. The van der Waals surface area contributed by atoms with Gasteiger partial charge in [-0.25, -0.2) is 5.01 Å². The van der Waals surface area contributed by atoms with E-state index in [1.54, 1.807) is 16.1 Å². The van der Waals surface area contributed by atoms with E-state index >= 15 is 0 Å². The molecule has 22 heavy (non-hydrogen) atoms. The summed E-state index contributed by atoms with van der Waals surface area (Å²) in [7, 11) is 0. The zero-order valence-corrected chi connectivity index (χ0v) is 12.4. The molecule has 6 nitrogen and oxygen atoms in total. The zero-order chi connectivity index (χ0) is 15.4. The van der Waals surface area contributed by atoms with Gasteiger partial charge in [0.25, 0.3) is 5.91 Å². The SMILES string of the molecule is O=CN1CCN(CC(=O)N2NC=C[C@@H]2c2ccccc2)CC1. The summed E-state index contributed by atoms with van der Waals surface area (Å²) in [4.78, 5) is 27.1. The third-order valence-electron chi connectivity index (χ3n) is 4.09. The van der Waals surface area contributed by atoms with E-state index in [9.17, 15) is 9.59 Å². The van der Waals surface area contributed by atoms with Crippen LogP contribution in [0.5, 0.6) is 0 Å². The lowest BCUT2D eigenvalue weighted by Gasteiger charge is -2.33. The topological polar surface area (TPSA) is 55.9 Å². The van der Waals surface area contributed by atoms with Gasteiger partial charge in [0, 0.05) is 32.4 Å². The number of benzene rings is 1. The van der Waals surface area contributed by atoms with Crippen molar-refractivity contribution in [3.05, 3.63) is 48.2 Å². The molecular weight excluding hydrogens is 280 g/mol. The van der Waals surface area contributed by atoms with Gasteiger partial charge in [0.2, 0.25) is 6.41 Å². The molecule has 1 N–H and O–H groups in total. The number of amides is 2. The molecule has 1 atom stereocenters. The van der Waals surface area contributed by atoms with E-state index in [-0.39, 0.29) is 11.9 Å². The molecule has 6 heteroatoms. The van der Waals surface area contributed by atoms with Crippen LogP contribution in [0.3, 0.4) is 0 Å². The van der Waals surface area contributed by atoms with Gasteiger partial charge in [-0.1, -0.05) is 30.3 Å². The van der Waals surface area contributed by atoms with Crippen molar-refractivity contribution in [2.75, 3.05) is 32.7 Å². The third kappa shape index (κ3) is 3.12. The summed E-state index contributed by atoms with van der Waals surface area (Å²) in [6.45, 7) is 3.21. The normalized spacial score (nSPS) is 21.7. The molecule has 2 aliphatic heterocycles. The number of hydrogen-bond acceptors (Lipinski definition) is 4. The molecule has 1 fully saturated rings. The summed E-state index contributed by atoms with van der Waals surface area (Å²) in [5, 5.41) is 1.67. The Morgan fingerprint density at radius 2 is 1.91 bits per heavy atom. The van der Waals surface area contributed by atoms with Crippen molar-refractivity contribution >= 4 is 12.3 Å². The number of rotatable bonds is 4. The fourth-order valence-corrected chi connectivity index (χ4v) is 2.81. The second kappa shape index (κ2) is 6.62. The van der Waals surface area contributed by atoms with Crippen LogP contribution in [0.2, 0.25) is 0 Å². The second-order valence-corrected chi connectivity index (χ2v) is 5.53. The first-order valence-corrected chi connectivity index (χ1v) is 7.49. The highest BCUT2D eigenvalue weighted by Gasteiger charge is 2.28. The molecule has 0 saturated carbocycles. The van der Waals surface area contributed by atoms with Crippen molar-refractivity contribution in [2.24, 2.45) is 0 Å². The van der Waals surface area contributed by atoms with Crippen LogP contribution in [0.25, 0.3) is 0 Å². The maximum Gasteiger partial charge on any atom is 0.255 e. The lowest BCUT2D eigenvalue weighted by Crippen LogP contribution is -2.51. The van der Waals surface area contributed by atoms with Gasteiger partial charge in [-0.2, -0.15) is 0 Å². The van der Waals surface area contributed by atoms with Crippen molar-refractivity contribution in [1.82, 2.24) is 20.2 Å². The van der Waals surface area contributed by atoms with Crippen LogP contribution in [0.15, 0.2) is 42.6 Å². The number of nitrogens with zero attached hydrogens (tertiary/aromatic N) is 3. The van der Waals surface area contributed by atoms with E-state index in [0.717, 1.165) is 25.1 Å². The Morgan fingerprint density at radius 3 is 2.59 bits per heavy atom. The molecule has 1 saturated heterocycles. The highest BCUT2D eigenvalue weighted by molar-refractivity contribution is 5.79. The molecule has 0 spiro atoms. The van der Waals surface area contributed by atoms with Gasteiger partial charge < -0.3 is 10.3 Å². The number of hydrogen-bond donors (Lipinski definition) is 1. The van der Waals surface area contributed by atoms with E-state index in [4.69, 9.17) is 0 Å². The van der Waals surface area contributed by atoms with E-state index in [0.29, 0.717) is 19.6 Å². The van der Waals surface area contributed by atoms with Gasteiger partial charge in [-0.05, 0) is 11.6 Å². The zero-order valence-electron chi connectivity index (χ0n) is 12.4. The smallest absolute Gasteiger partial charge is 0.255 e. The molecule has 3 rings (SSSR count). The number of piperazine rings is 1. The van der Waals surface area contributed by atoms with Crippen LogP contribution < -0.4 is 5.43 Å². The fourth-order valence-electron chi connectivity index (χ4n) is 2.81. The molecule has 0 unspecified atom stereocenters. The molecule has 1 aromatic carbocycles. The quantitative estimate of drug-likeness (QED) is 0.816. The predicted molar refractivity (Wildman–Crippen MR) is 82.4 cm³/mol. The average Bonchev–Trinajstić information content (AvgIpc) is 3.06. The van der Waals surface area contributed by atoms with Gasteiger partial charge in [0.05, 0.1) is 12.6 Å². The summed E-state index contributed by atoms with van der Waals surface area (Å²) in [6, 6.07) is 9.89. The Labute approximate surface area is 130 Å². The molecule has 0 radical (unpaired) electrons. The summed E-state index contributed by atoms with van der Waals surface area (Å²) in [6.07, 6.45) is 4.66. The largest absolute Gasteiger partial charge is 0.343 e. The Balaban J connectivity index is 1.59. The second-order valence-electron chi connectivity index (χ2n) is 5.53. The van der Waals surface area contributed by atoms with Crippen LogP contribution in [-0.4, -0.2) is 59.8 Å². The van der Waals surface area contributed by atoms with E-state index in [1.165, 1.54) is 0 Å². The molecule has 1 aromatic rings. The molecule has 2 heterocycles. The van der Waals surface area contributed by atoms with Gasteiger partial charge >= 0.3 is 0 Å². The molecule has 2 aliphatic rings. The molecule has 116 valence electrons. The van der Waals surface area contributed by atoms with E-state index < -0.39 is 0 Å². The van der Waals surface area contributed by atoms with Crippen molar-refractivity contribution in [2.45, 2.75) is 6.04 Å². The summed E-state index contributed by atoms with van der Waals surface area (Å²) < 4.78 is 0. The Bertz CT molecular complexity index is 553. The Kier molecular flexibility index (Phi) is 4.39. The summed E-state index contributed by atoms with van der Waals surface area (Å²) in [5.74, 6) is 0.0402. The Morgan fingerprint density at radius 1 is 1.18 bits per heavy atom. The van der Waals surface area contributed by atoms with E-state index in [1.807, 2.05) is 36.4 Å². The molecule has 0 aliphatic carbocycles. The van der Waals surface area contributed by atoms with Gasteiger partial charge in [-0.3, -0.25) is 14.5 Å². The minimum absolute atomic E-state index is 0.0402. The molecule has 0 bridgehead atoms. The number of nitrogens with one attached hydrogen (secondary N) is 1. The minimum Gasteiger partial charge on any atom is -0.343 e. The van der Waals surface area contributed by atoms with Crippen molar-refractivity contribution in [1.29, 1.82) is 0 Å². The minimum atomic E-state index is -0.0648. The lowest BCUT2D eigenvalue weighted by atomic mass is 10.1. The Hall–Kier alpha value is -2.34. The first kappa shape index (κ1) is 14.6. The van der Waals surface area contributed by atoms with Crippen LogP contribution in [0.4, 0.5) is 0 Å². The van der Waals surface area contributed by atoms with Crippen LogP contribution in [0, 0.1) is 0 Å². The van der Waals surface area contributed by atoms with Gasteiger partial charge in [0.1, 0.15) is 0 Å². The number of carbonyl (C=O) groups excluding carboxylic acids is 2. The average molecular weight is 300 g/mol. The summed E-state index contributed by atoms with van der Waals surface area (Å²) in [5.41, 5.74) is 4.11. The molecule has 0 aromatic heterocycles. The first-order valence-electron chi connectivity index (χ1n) is 7.49. The monoisotopic (exact) mass is 300 g/mol. The van der Waals surface area contributed by atoms with Crippen molar-refractivity contribution in [3.8, 4) is 0 Å². The summed E-state index contributed by atoms with van der Waals surface area (Å²) >= 11 is 0. The van der Waals surface area contributed by atoms with Gasteiger partial charge in [-0.15, -0.1) is 0 Å². The number of carbonyl (C=O) groups is 2.